The van der Waals surface area contributed by atoms with Gasteiger partial charge in [-0.05, 0) is 43.7 Å². The molecule has 0 spiro atoms. The van der Waals surface area contributed by atoms with Gasteiger partial charge in [0.05, 0.1) is 13.2 Å². The highest BCUT2D eigenvalue weighted by atomic mass is 32.9. The van der Waals surface area contributed by atoms with Crippen molar-refractivity contribution in [1.82, 2.24) is 0 Å². The summed E-state index contributed by atoms with van der Waals surface area (Å²) in [6.45, 7) is 7.24. The van der Waals surface area contributed by atoms with Gasteiger partial charge in [0.2, 0.25) is 5.69 Å². The Balaban J connectivity index is 2.64. The van der Waals surface area contributed by atoms with Crippen LogP contribution in [-0.4, -0.2) is 13.2 Å². The quantitative estimate of drug-likeness (QED) is 0.687. The van der Waals surface area contributed by atoms with Crippen LogP contribution in [0.25, 0.3) is 0 Å². The molecule has 1 aromatic carbocycles. The summed E-state index contributed by atoms with van der Waals surface area (Å²) < 4.78 is 11.2. The third-order valence-corrected chi connectivity index (χ3v) is 7.67. The third-order valence-electron chi connectivity index (χ3n) is 2.21. The first kappa shape index (κ1) is 15.2. The molecular formula is C12H19O2PS2. The summed E-state index contributed by atoms with van der Waals surface area (Å²) in [4.78, 5) is 0. The Bertz CT molecular complexity index is 386. The topological polar surface area (TPSA) is 18.5 Å². The maximum atomic E-state index is 5.60. The molecule has 0 bridgehead atoms. The van der Waals surface area contributed by atoms with E-state index >= 15 is 0 Å². The van der Waals surface area contributed by atoms with Crippen LogP contribution in [0, 0.1) is 6.92 Å². The molecule has 0 atom stereocenters. The number of rotatable bonds is 7. The summed E-state index contributed by atoms with van der Waals surface area (Å²) in [6, 6.07) is 8.33. The monoisotopic (exact) mass is 290 g/mol. The van der Waals surface area contributed by atoms with Gasteiger partial charge in [-0.1, -0.05) is 35.6 Å². The van der Waals surface area contributed by atoms with Gasteiger partial charge in [-0.3, -0.25) is 0 Å². The summed E-state index contributed by atoms with van der Waals surface area (Å²) in [5, 5.41) is 0. The molecule has 0 N–H and O–H groups in total. The molecule has 0 aliphatic heterocycles. The molecule has 0 saturated heterocycles. The van der Waals surface area contributed by atoms with Gasteiger partial charge < -0.3 is 9.05 Å². The highest BCUT2D eigenvalue weighted by molar-refractivity contribution is 8.67. The van der Waals surface area contributed by atoms with Crippen molar-refractivity contribution in [2.75, 3.05) is 13.2 Å². The minimum atomic E-state index is -2.15. The maximum Gasteiger partial charge on any atom is 0.247 e. The van der Waals surface area contributed by atoms with Crippen molar-refractivity contribution in [3.63, 3.8) is 0 Å². The Morgan fingerprint density at radius 3 is 2.29 bits per heavy atom. The summed E-state index contributed by atoms with van der Waals surface area (Å²) in [5.74, 6) is 0.851. The largest absolute Gasteiger partial charge is 0.322 e. The second-order valence-electron chi connectivity index (χ2n) is 3.48. The zero-order chi connectivity index (χ0) is 12.7. The summed E-state index contributed by atoms with van der Waals surface area (Å²) >= 11 is 7.09. The first-order valence-electron chi connectivity index (χ1n) is 5.69. The van der Waals surface area contributed by atoms with Crippen LogP contribution in [0.15, 0.2) is 24.3 Å². The van der Waals surface area contributed by atoms with Crippen molar-refractivity contribution in [2.24, 2.45) is 0 Å². The van der Waals surface area contributed by atoms with Gasteiger partial charge in [0.15, 0.2) is 0 Å². The molecule has 0 aliphatic carbocycles. The van der Waals surface area contributed by atoms with Gasteiger partial charge >= 0.3 is 0 Å². The van der Waals surface area contributed by atoms with Crippen molar-refractivity contribution in [1.29, 1.82) is 0 Å². The first-order chi connectivity index (χ1) is 8.11. The zero-order valence-corrected chi connectivity index (χ0v) is 13.0. The van der Waals surface area contributed by atoms with E-state index in [1.165, 1.54) is 11.1 Å². The molecule has 0 fully saturated rings. The second-order valence-corrected chi connectivity index (χ2v) is 9.79. The summed E-state index contributed by atoms with van der Waals surface area (Å²) in [6.07, 6.45) is 0. The fourth-order valence-corrected chi connectivity index (χ4v) is 5.90. The van der Waals surface area contributed by atoms with Crippen molar-refractivity contribution in [3.05, 3.63) is 35.4 Å². The minimum absolute atomic E-state index is 0.609. The van der Waals surface area contributed by atoms with E-state index in [2.05, 4.69) is 19.1 Å². The zero-order valence-electron chi connectivity index (χ0n) is 10.5. The van der Waals surface area contributed by atoms with Crippen LogP contribution in [0.3, 0.4) is 0 Å². The summed E-state index contributed by atoms with van der Waals surface area (Å²) in [5.41, 5.74) is 0.429. The molecule has 17 heavy (non-hydrogen) atoms. The SMILES string of the molecule is CCOP(=S)(OCC)SCc1ccccc1C. The van der Waals surface area contributed by atoms with Crippen molar-refractivity contribution >= 4 is 28.9 Å². The van der Waals surface area contributed by atoms with Crippen LogP contribution >= 0.6 is 17.1 Å². The van der Waals surface area contributed by atoms with E-state index in [0.717, 1.165) is 5.75 Å². The van der Waals surface area contributed by atoms with E-state index < -0.39 is 5.69 Å². The first-order valence-corrected chi connectivity index (χ1v) is 9.92. The van der Waals surface area contributed by atoms with E-state index in [9.17, 15) is 0 Å². The Morgan fingerprint density at radius 2 is 1.76 bits per heavy atom. The smallest absolute Gasteiger partial charge is 0.247 e. The van der Waals surface area contributed by atoms with Crippen LogP contribution in [0.2, 0.25) is 0 Å². The van der Waals surface area contributed by atoms with Crippen LogP contribution in [0.1, 0.15) is 25.0 Å². The van der Waals surface area contributed by atoms with E-state index in [0.29, 0.717) is 13.2 Å². The molecule has 0 aromatic heterocycles. The molecule has 0 heterocycles. The van der Waals surface area contributed by atoms with Gasteiger partial charge in [-0.2, -0.15) is 0 Å². The molecule has 5 heteroatoms. The predicted molar refractivity (Wildman–Crippen MR) is 80.0 cm³/mol. The lowest BCUT2D eigenvalue weighted by Gasteiger charge is -2.20. The molecule has 96 valence electrons. The number of hydrogen-bond donors (Lipinski definition) is 0. The van der Waals surface area contributed by atoms with Crippen LogP contribution < -0.4 is 0 Å². The third kappa shape index (κ3) is 5.11. The van der Waals surface area contributed by atoms with Crippen molar-refractivity contribution < 1.29 is 9.05 Å². The molecule has 0 radical (unpaired) electrons. The lowest BCUT2D eigenvalue weighted by Crippen LogP contribution is -1.93. The van der Waals surface area contributed by atoms with Gasteiger partial charge in [0, 0.05) is 5.75 Å². The van der Waals surface area contributed by atoms with Crippen molar-refractivity contribution in [3.8, 4) is 0 Å². The van der Waals surface area contributed by atoms with Gasteiger partial charge in [-0.25, -0.2) is 0 Å². The molecule has 0 aliphatic rings. The molecule has 2 nitrogen and oxygen atoms in total. The lowest BCUT2D eigenvalue weighted by molar-refractivity contribution is 0.280. The Hall–Kier alpha value is 0.140. The van der Waals surface area contributed by atoms with Gasteiger partial charge in [0.25, 0.3) is 0 Å². The average Bonchev–Trinajstić information content (AvgIpc) is 2.29. The molecule has 1 rings (SSSR count). The van der Waals surface area contributed by atoms with E-state index in [-0.39, 0.29) is 0 Å². The van der Waals surface area contributed by atoms with Crippen LogP contribution in [0.4, 0.5) is 0 Å². The normalized spacial score (nSPS) is 11.7. The van der Waals surface area contributed by atoms with Crippen LogP contribution in [0.5, 0.6) is 0 Å². The maximum absolute atomic E-state index is 5.60. The van der Waals surface area contributed by atoms with E-state index in [1.807, 2.05) is 26.0 Å². The molecule has 1 aromatic rings. The fourth-order valence-electron chi connectivity index (χ4n) is 1.35. The van der Waals surface area contributed by atoms with Gasteiger partial charge in [-0.15, -0.1) is 0 Å². The second kappa shape index (κ2) is 7.55. The van der Waals surface area contributed by atoms with Crippen molar-refractivity contribution in [2.45, 2.75) is 26.5 Å². The Morgan fingerprint density at radius 1 is 1.18 bits per heavy atom. The summed E-state index contributed by atoms with van der Waals surface area (Å²) in [7, 11) is 0. The predicted octanol–water partition coefficient (Wildman–Crippen LogP) is 4.53. The highest BCUT2D eigenvalue weighted by Crippen LogP contribution is 2.61. The number of aryl methyl sites for hydroxylation is 1. The number of hydrogen-bond acceptors (Lipinski definition) is 4. The van der Waals surface area contributed by atoms with E-state index in [4.69, 9.17) is 20.9 Å². The minimum Gasteiger partial charge on any atom is -0.322 e. The Kier molecular flexibility index (Phi) is 6.75. The highest BCUT2D eigenvalue weighted by Gasteiger charge is 2.18. The lowest BCUT2D eigenvalue weighted by atomic mass is 10.1. The molecule has 0 amide bonds. The fraction of sp³-hybridized carbons (Fsp3) is 0.500. The van der Waals surface area contributed by atoms with Gasteiger partial charge in [0.1, 0.15) is 0 Å². The number of benzene rings is 1. The molecule has 0 saturated carbocycles. The standard InChI is InChI=1S/C12H19O2PS2/c1-4-13-15(16,14-5-2)17-10-12-9-7-6-8-11(12)3/h6-9H,4-5,10H2,1-3H3. The Labute approximate surface area is 113 Å². The average molecular weight is 290 g/mol. The van der Waals surface area contributed by atoms with Crippen LogP contribution in [-0.2, 0) is 26.6 Å². The molecular weight excluding hydrogens is 271 g/mol. The van der Waals surface area contributed by atoms with E-state index in [1.54, 1.807) is 11.4 Å². The molecule has 0 unspecified atom stereocenters.